The molecule has 6 heavy (non-hydrogen) atoms. The van der Waals surface area contributed by atoms with Gasteiger partial charge in [-0.15, -0.1) is 11.8 Å². The highest BCUT2D eigenvalue weighted by atomic mass is 32.2. The van der Waals surface area contributed by atoms with Crippen LogP contribution in [0.4, 0.5) is 0 Å². The van der Waals surface area contributed by atoms with Crippen LogP contribution in [0.2, 0.25) is 0 Å². The molecular weight excluding hydrogens is 96.1 g/mol. The van der Waals surface area contributed by atoms with Crippen LogP contribution >= 0.6 is 11.8 Å². The van der Waals surface area contributed by atoms with Crippen molar-refractivity contribution < 1.29 is 0 Å². The molecule has 0 saturated heterocycles. The molecule has 1 rings (SSSR count). The van der Waals surface area contributed by atoms with Crippen molar-refractivity contribution in [3.8, 4) is 0 Å². The summed E-state index contributed by atoms with van der Waals surface area (Å²) >= 11 is 1.83. The van der Waals surface area contributed by atoms with Crippen LogP contribution in [0.3, 0.4) is 0 Å². The van der Waals surface area contributed by atoms with E-state index in [0.717, 1.165) is 11.6 Å². The van der Waals surface area contributed by atoms with E-state index in [1.807, 2.05) is 18.0 Å². The molecule has 1 N–H and O–H groups in total. The zero-order valence-corrected chi connectivity index (χ0v) is 4.16. The van der Waals surface area contributed by atoms with Crippen LogP contribution in [0.5, 0.6) is 0 Å². The second-order valence-corrected chi connectivity index (χ2v) is 2.02. The number of nitrogens with one attached hydrogen (secondary N) is 1. The first kappa shape index (κ1) is 3.99. The third-order valence-electron chi connectivity index (χ3n) is 0.542. The minimum Gasteiger partial charge on any atom is -0.300 e. The molecule has 1 heterocycles. The predicted molar refractivity (Wildman–Crippen MR) is 29.0 cm³/mol. The maximum atomic E-state index is 3.78. The molecule has 0 spiro atoms. The summed E-state index contributed by atoms with van der Waals surface area (Å²) in [5.41, 5.74) is 2.82. The number of nitrogens with zero attached hydrogens (tertiary/aromatic N) is 1. The summed E-state index contributed by atoms with van der Waals surface area (Å²) in [5.74, 6) is 2.03. The van der Waals surface area contributed by atoms with Crippen LogP contribution in [0.15, 0.2) is 5.10 Å². The maximum Gasteiger partial charge on any atom is 0.0787 e. The third kappa shape index (κ3) is 0.897. The molecule has 0 unspecified atom stereocenters. The summed E-state index contributed by atoms with van der Waals surface area (Å²) in [4.78, 5) is 0. The number of hydrogen-bond donors (Lipinski definition) is 1. The molecule has 0 aromatic carbocycles. The van der Waals surface area contributed by atoms with E-state index in [9.17, 15) is 0 Å². The summed E-state index contributed by atoms with van der Waals surface area (Å²) in [6, 6.07) is 0. The fraction of sp³-hybridized carbons (Fsp3) is 0.667. The maximum absolute atomic E-state index is 3.78. The molecule has 3 heteroatoms. The lowest BCUT2D eigenvalue weighted by Gasteiger charge is -2.01. The van der Waals surface area contributed by atoms with Crippen molar-refractivity contribution in [3.05, 3.63) is 0 Å². The van der Waals surface area contributed by atoms with Gasteiger partial charge in [-0.05, 0) is 0 Å². The van der Waals surface area contributed by atoms with Crippen LogP contribution in [0.1, 0.15) is 0 Å². The Hall–Kier alpha value is -0.180. The molecule has 1 aliphatic heterocycles. The van der Waals surface area contributed by atoms with Gasteiger partial charge in [0.1, 0.15) is 0 Å². The highest BCUT2D eigenvalue weighted by Gasteiger charge is 1.85. The van der Waals surface area contributed by atoms with Crippen molar-refractivity contribution >= 4 is 18.0 Å². The fourth-order valence-corrected chi connectivity index (χ4v) is 0.760. The van der Waals surface area contributed by atoms with E-state index in [-0.39, 0.29) is 0 Å². The van der Waals surface area contributed by atoms with Gasteiger partial charge in [-0.3, -0.25) is 0 Å². The molecule has 0 bridgehead atoms. The van der Waals surface area contributed by atoms with Crippen LogP contribution in [0, 0.1) is 0 Å². The molecule has 0 fully saturated rings. The average Bonchev–Trinajstić information content (AvgIpc) is 1.72. The summed E-state index contributed by atoms with van der Waals surface area (Å²) < 4.78 is 0. The zero-order chi connectivity index (χ0) is 4.24. The molecular formula is C3H6N2S. The van der Waals surface area contributed by atoms with Crippen molar-refractivity contribution in [3.63, 3.8) is 0 Å². The zero-order valence-electron chi connectivity index (χ0n) is 3.35. The lowest BCUT2D eigenvalue weighted by molar-refractivity contribution is 0.872. The standard InChI is InChI=1S/C3H6N2S/c1-2-6-3-5-4-1/h1,5H,2-3H2. The quantitative estimate of drug-likeness (QED) is 0.474. The summed E-state index contributed by atoms with van der Waals surface area (Å²) in [7, 11) is 0. The van der Waals surface area contributed by atoms with E-state index in [1.54, 1.807) is 0 Å². The van der Waals surface area contributed by atoms with E-state index < -0.39 is 0 Å². The molecule has 0 aliphatic carbocycles. The molecule has 0 saturated carbocycles. The molecule has 2 nitrogen and oxygen atoms in total. The molecule has 0 aromatic heterocycles. The van der Waals surface area contributed by atoms with Gasteiger partial charge in [-0.25, -0.2) is 0 Å². The minimum atomic E-state index is 0.969. The Kier molecular flexibility index (Phi) is 1.38. The van der Waals surface area contributed by atoms with Crippen LogP contribution in [0.25, 0.3) is 0 Å². The van der Waals surface area contributed by atoms with Gasteiger partial charge in [-0.2, -0.15) is 5.10 Å². The Labute approximate surface area is 41.0 Å². The van der Waals surface area contributed by atoms with Gasteiger partial charge in [-0.1, -0.05) is 0 Å². The van der Waals surface area contributed by atoms with Crippen molar-refractivity contribution in [1.82, 2.24) is 5.43 Å². The number of rotatable bonds is 0. The Morgan fingerprint density at radius 3 is 3.00 bits per heavy atom. The fourth-order valence-electron chi connectivity index (χ4n) is 0.296. The second-order valence-electron chi connectivity index (χ2n) is 0.985. The van der Waals surface area contributed by atoms with Gasteiger partial charge in [0.25, 0.3) is 0 Å². The highest BCUT2D eigenvalue weighted by molar-refractivity contribution is 7.99. The molecule has 0 amide bonds. The molecule has 0 aromatic rings. The van der Waals surface area contributed by atoms with E-state index in [1.165, 1.54) is 0 Å². The first-order valence-electron chi connectivity index (χ1n) is 1.82. The van der Waals surface area contributed by atoms with Crippen molar-refractivity contribution in [2.45, 2.75) is 0 Å². The minimum absolute atomic E-state index is 0.969. The lowest BCUT2D eigenvalue weighted by Crippen LogP contribution is -2.09. The molecule has 1 aliphatic rings. The van der Waals surface area contributed by atoms with Gasteiger partial charge in [0.05, 0.1) is 5.88 Å². The van der Waals surface area contributed by atoms with Gasteiger partial charge in [0.15, 0.2) is 0 Å². The first-order valence-corrected chi connectivity index (χ1v) is 2.98. The smallest absolute Gasteiger partial charge is 0.0787 e. The topological polar surface area (TPSA) is 24.4 Å². The Bertz CT molecular complexity index is 53.8. The summed E-state index contributed by atoms with van der Waals surface area (Å²) in [6.07, 6.45) is 1.87. The monoisotopic (exact) mass is 102 g/mol. The van der Waals surface area contributed by atoms with E-state index in [2.05, 4.69) is 10.5 Å². The Balaban J connectivity index is 2.26. The van der Waals surface area contributed by atoms with Gasteiger partial charge >= 0.3 is 0 Å². The normalized spacial score (nSPS) is 20.0. The molecule has 0 atom stereocenters. The van der Waals surface area contributed by atoms with Crippen LogP contribution < -0.4 is 5.43 Å². The highest BCUT2D eigenvalue weighted by Crippen LogP contribution is 1.95. The van der Waals surface area contributed by atoms with Crippen molar-refractivity contribution in [1.29, 1.82) is 0 Å². The predicted octanol–water partition coefficient (Wildman–Crippen LogP) is 0.266. The molecule has 0 radical (unpaired) electrons. The van der Waals surface area contributed by atoms with Gasteiger partial charge in [0.2, 0.25) is 0 Å². The van der Waals surface area contributed by atoms with Crippen molar-refractivity contribution in [2.24, 2.45) is 5.10 Å². The van der Waals surface area contributed by atoms with E-state index in [0.29, 0.717) is 0 Å². The van der Waals surface area contributed by atoms with Crippen LogP contribution in [-0.2, 0) is 0 Å². The van der Waals surface area contributed by atoms with E-state index in [4.69, 9.17) is 0 Å². The summed E-state index contributed by atoms with van der Waals surface area (Å²) in [6.45, 7) is 0. The molecule has 34 valence electrons. The Morgan fingerprint density at radius 1 is 1.83 bits per heavy atom. The largest absolute Gasteiger partial charge is 0.300 e. The van der Waals surface area contributed by atoms with Gasteiger partial charge in [0, 0.05) is 12.0 Å². The SMILES string of the molecule is C1=NNCSC1. The number of hydrazone groups is 1. The number of thioether (sulfide) groups is 1. The third-order valence-corrected chi connectivity index (χ3v) is 1.26. The average molecular weight is 102 g/mol. The van der Waals surface area contributed by atoms with E-state index >= 15 is 0 Å². The van der Waals surface area contributed by atoms with Crippen molar-refractivity contribution in [2.75, 3.05) is 11.6 Å². The van der Waals surface area contributed by atoms with Crippen LogP contribution in [-0.4, -0.2) is 17.8 Å². The Morgan fingerprint density at radius 2 is 2.83 bits per heavy atom. The second kappa shape index (κ2) is 2.08. The first-order chi connectivity index (χ1) is 3.00. The summed E-state index contributed by atoms with van der Waals surface area (Å²) in [5, 5.41) is 3.78. The number of hydrogen-bond acceptors (Lipinski definition) is 3. The lowest BCUT2D eigenvalue weighted by atomic mass is 10.9. The van der Waals surface area contributed by atoms with Gasteiger partial charge < -0.3 is 5.43 Å².